The molecule has 2 rings (SSSR count). The molecule has 2 aromatic carbocycles. The van der Waals surface area contributed by atoms with Gasteiger partial charge in [-0.2, -0.15) is 0 Å². The van der Waals surface area contributed by atoms with Crippen LogP contribution in [0.1, 0.15) is 16.7 Å². The van der Waals surface area contributed by atoms with Crippen molar-refractivity contribution in [2.75, 3.05) is 14.1 Å². The number of benzene rings is 2. The van der Waals surface area contributed by atoms with Crippen LogP contribution in [0, 0.1) is 5.82 Å². The molecule has 0 aliphatic carbocycles. The Morgan fingerprint density at radius 1 is 1.04 bits per heavy atom. The molecule has 2 aromatic rings. The van der Waals surface area contributed by atoms with Gasteiger partial charge in [0, 0.05) is 25.7 Å². The normalized spacial score (nSPS) is 11.6. The van der Waals surface area contributed by atoms with E-state index in [1.54, 1.807) is 31.3 Å². The van der Waals surface area contributed by atoms with Crippen LogP contribution in [0.25, 0.3) is 0 Å². The number of nitrogens with zero attached hydrogens (tertiary/aromatic N) is 1. The van der Waals surface area contributed by atoms with Crippen molar-refractivity contribution in [2.45, 2.75) is 18.8 Å². The first-order valence-corrected chi connectivity index (χ1v) is 9.75. The number of aliphatic imine (C=N–C) groups is 1. The molecule has 0 aromatic heterocycles. The summed E-state index contributed by atoms with van der Waals surface area (Å²) in [4.78, 5) is 4.11. The van der Waals surface area contributed by atoms with Crippen LogP contribution in [0.15, 0.2) is 53.5 Å². The maximum atomic E-state index is 13.6. The summed E-state index contributed by atoms with van der Waals surface area (Å²) >= 11 is 0. The summed E-state index contributed by atoms with van der Waals surface area (Å²) in [5.74, 6) is 0.188. The fraction of sp³-hybridized carbons (Fsp3) is 0.278. The average molecular weight is 506 g/mol. The molecule has 0 aliphatic rings. The zero-order valence-corrected chi connectivity index (χ0v) is 18.3. The molecule has 0 fully saturated rings. The Hall–Kier alpha value is -1.72. The third-order valence-electron chi connectivity index (χ3n) is 3.75. The van der Waals surface area contributed by atoms with Gasteiger partial charge in [0.2, 0.25) is 10.0 Å². The summed E-state index contributed by atoms with van der Waals surface area (Å²) in [6.07, 6.45) is 0. The highest BCUT2D eigenvalue weighted by atomic mass is 127. The SMILES string of the molecule is CN=C(NCc1cccc(CS(=O)(=O)NC)c1)NCc1ccccc1F.I. The highest BCUT2D eigenvalue weighted by Gasteiger charge is 2.09. The molecule has 9 heteroatoms. The zero-order valence-electron chi connectivity index (χ0n) is 15.2. The van der Waals surface area contributed by atoms with Gasteiger partial charge in [-0.05, 0) is 24.2 Å². The fourth-order valence-electron chi connectivity index (χ4n) is 2.35. The Bertz CT molecular complexity index is 875. The van der Waals surface area contributed by atoms with Crippen molar-refractivity contribution in [3.8, 4) is 0 Å². The first-order valence-electron chi connectivity index (χ1n) is 8.10. The molecular formula is C18H24FIN4O2S. The number of sulfonamides is 1. The van der Waals surface area contributed by atoms with Crippen LogP contribution in [0.4, 0.5) is 4.39 Å². The third kappa shape index (κ3) is 7.81. The fourth-order valence-corrected chi connectivity index (χ4v) is 3.11. The quantitative estimate of drug-likeness (QED) is 0.306. The van der Waals surface area contributed by atoms with E-state index in [1.807, 2.05) is 18.2 Å². The predicted octanol–water partition coefficient (Wildman–Crippen LogP) is 2.36. The lowest BCUT2D eigenvalue weighted by Crippen LogP contribution is -2.36. The van der Waals surface area contributed by atoms with Gasteiger partial charge in [0.25, 0.3) is 0 Å². The first kappa shape index (κ1) is 23.3. The minimum absolute atomic E-state index is 0. The van der Waals surface area contributed by atoms with E-state index in [9.17, 15) is 12.8 Å². The van der Waals surface area contributed by atoms with Crippen molar-refractivity contribution < 1.29 is 12.8 Å². The lowest BCUT2D eigenvalue weighted by atomic mass is 10.1. The van der Waals surface area contributed by atoms with E-state index in [-0.39, 0.29) is 35.5 Å². The zero-order chi connectivity index (χ0) is 19.0. The summed E-state index contributed by atoms with van der Waals surface area (Å²) in [6.45, 7) is 0.775. The van der Waals surface area contributed by atoms with E-state index in [4.69, 9.17) is 0 Å². The van der Waals surface area contributed by atoms with E-state index in [1.165, 1.54) is 13.1 Å². The van der Waals surface area contributed by atoms with E-state index in [0.29, 0.717) is 30.2 Å². The molecule has 27 heavy (non-hydrogen) atoms. The summed E-state index contributed by atoms with van der Waals surface area (Å²) < 4.78 is 39.3. The molecule has 0 bridgehead atoms. The summed E-state index contributed by atoms with van der Waals surface area (Å²) in [5, 5.41) is 6.18. The Labute approximate surface area is 176 Å². The van der Waals surface area contributed by atoms with Gasteiger partial charge < -0.3 is 10.6 Å². The second-order valence-electron chi connectivity index (χ2n) is 5.65. The summed E-state index contributed by atoms with van der Waals surface area (Å²) in [5.41, 5.74) is 2.17. The monoisotopic (exact) mass is 506 g/mol. The molecule has 0 atom stereocenters. The maximum Gasteiger partial charge on any atom is 0.215 e. The van der Waals surface area contributed by atoms with Crippen molar-refractivity contribution >= 4 is 40.0 Å². The second kappa shape index (κ2) is 11.2. The Kier molecular flexibility index (Phi) is 9.67. The maximum absolute atomic E-state index is 13.6. The Balaban J connectivity index is 0.00000364. The Morgan fingerprint density at radius 3 is 2.37 bits per heavy atom. The smallest absolute Gasteiger partial charge is 0.215 e. The van der Waals surface area contributed by atoms with Crippen LogP contribution in [-0.2, 0) is 28.9 Å². The largest absolute Gasteiger partial charge is 0.352 e. The van der Waals surface area contributed by atoms with Crippen LogP contribution < -0.4 is 15.4 Å². The molecule has 3 N–H and O–H groups in total. The third-order valence-corrected chi connectivity index (χ3v) is 5.08. The van der Waals surface area contributed by atoms with Gasteiger partial charge in [0.05, 0.1) is 5.75 Å². The number of guanidine groups is 1. The van der Waals surface area contributed by atoms with Crippen LogP contribution in [0.2, 0.25) is 0 Å². The molecule has 0 unspecified atom stereocenters. The molecule has 0 spiro atoms. The highest BCUT2D eigenvalue weighted by Crippen LogP contribution is 2.09. The molecule has 0 amide bonds. The van der Waals surface area contributed by atoms with Crippen molar-refractivity contribution in [2.24, 2.45) is 4.99 Å². The predicted molar refractivity (Wildman–Crippen MR) is 117 cm³/mol. The van der Waals surface area contributed by atoms with Crippen LogP contribution in [0.3, 0.4) is 0 Å². The van der Waals surface area contributed by atoms with Crippen LogP contribution in [-0.4, -0.2) is 28.5 Å². The number of hydrogen-bond donors (Lipinski definition) is 3. The van der Waals surface area contributed by atoms with E-state index >= 15 is 0 Å². The minimum atomic E-state index is -3.31. The van der Waals surface area contributed by atoms with Crippen molar-refractivity contribution in [1.82, 2.24) is 15.4 Å². The molecule has 0 radical (unpaired) electrons. The van der Waals surface area contributed by atoms with Gasteiger partial charge in [0.15, 0.2) is 5.96 Å². The Morgan fingerprint density at radius 2 is 1.70 bits per heavy atom. The standard InChI is InChI=1S/C18H23FN4O2S.HI/c1-20-18(23-12-16-8-3-4-9-17(16)19)22-11-14-6-5-7-15(10-14)13-26(24,25)21-2;/h3-10,21H,11-13H2,1-2H3,(H2,20,22,23);1H. The second-order valence-corrected chi connectivity index (χ2v) is 7.58. The molecule has 0 aliphatic heterocycles. The molecule has 0 saturated carbocycles. The number of nitrogens with one attached hydrogen (secondary N) is 3. The van der Waals surface area contributed by atoms with Crippen molar-refractivity contribution in [1.29, 1.82) is 0 Å². The summed E-state index contributed by atoms with van der Waals surface area (Å²) in [6, 6.07) is 13.8. The van der Waals surface area contributed by atoms with Gasteiger partial charge in [-0.25, -0.2) is 17.5 Å². The highest BCUT2D eigenvalue weighted by molar-refractivity contribution is 14.0. The van der Waals surface area contributed by atoms with E-state index < -0.39 is 10.0 Å². The molecular weight excluding hydrogens is 482 g/mol. The van der Waals surface area contributed by atoms with Gasteiger partial charge in [0.1, 0.15) is 5.82 Å². The van der Waals surface area contributed by atoms with Crippen molar-refractivity contribution in [3.63, 3.8) is 0 Å². The number of hydrogen-bond acceptors (Lipinski definition) is 3. The number of rotatable bonds is 7. The minimum Gasteiger partial charge on any atom is -0.352 e. The van der Waals surface area contributed by atoms with Gasteiger partial charge in [-0.15, -0.1) is 24.0 Å². The topological polar surface area (TPSA) is 82.6 Å². The number of halogens is 2. The van der Waals surface area contributed by atoms with Crippen LogP contribution >= 0.6 is 24.0 Å². The summed E-state index contributed by atoms with van der Waals surface area (Å²) in [7, 11) is -0.284. The lowest BCUT2D eigenvalue weighted by molar-refractivity contribution is 0.587. The average Bonchev–Trinajstić information content (AvgIpc) is 2.63. The van der Waals surface area contributed by atoms with E-state index in [2.05, 4.69) is 20.3 Å². The lowest BCUT2D eigenvalue weighted by Gasteiger charge is -2.13. The first-order chi connectivity index (χ1) is 12.4. The molecule has 0 saturated heterocycles. The molecule has 148 valence electrons. The van der Waals surface area contributed by atoms with E-state index in [0.717, 1.165) is 5.56 Å². The van der Waals surface area contributed by atoms with Crippen molar-refractivity contribution in [3.05, 3.63) is 71.0 Å². The molecule has 6 nitrogen and oxygen atoms in total. The van der Waals surface area contributed by atoms with Crippen LogP contribution in [0.5, 0.6) is 0 Å². The van der Waals surface area contributed by atoms with Gasteiger partial charge >= 0.3 is 0 Å². The molecule has 0 heterocycles. The van der Waals surface area contributed by atoms with Gasteiger partial charge in [-0.3, -0.25) is 4.99 Å². The van der Waals surface area contributed by atoms with Gasteiger partial charge in [-0.1, -0.05) is 42.5 Å².